The monoisotopic (exact) mass is 309 g/mol. The number of hydrogen-bond donors (Lipinski definition) is 2. The Bertz CT molecular complexity index is 181. The van der Waals surface area contributed by atoms with Crippen molar-refractivity contribution in [1.82, 2.24) is 0 Å². The van der Waals surface area contributed by atoms with Gasteiger partial charge in [0.2, 0.25) is 0 Å². The van der Waals surface area contributed by atoms with Gasteiger partial charge in [-0.25, -0.2) is 0 Å². The van der Waals surface area contributed by atoms with Crippen molar-refractivity contribution in [3.05, 3.63) is 6.92 Å². The summed E-state index contributed by atoms with van der Waals surface area (Å²) >= 11 is 0. The maximum absolute atomic E-state index is 10.7. The zero-order valence-corrected chi connectivity index (χ0v) is 13.2. The third-order valence-electron chi connectivity index (χ3n) is 2.39. The summed E-state index contributed by atoms with van der Waals surface area (Å²) in [5.74, 6) is 0.200. The zero-order valence-electron chi connectivity index (χ0n) is 11.3. The molecule has 0 aromatic heterocycles. The van der Waals surface area contributed by atoms with Crippen LogP contribution in [0.4, 0.5) is 0 Å². The first-order valence-electron chi connectivity index (χ1n) is 6.24. The minimum atomic E-state index is -3.78. The van der Waals surface area contributed by atoms with E-state index >= 15 is 0 Å². The molecule has 0 aromatic rings. The van der Waals surface area contributed by atoms with Gasteiger partial charge in [0.25, 0.3) is 0 Å². The molecule has 0 saturated heterocycles. The molecule has 0 spiro atoms. The Labute approximate surface area is 117 Å². The van der Waals surface area contributed by atoms with Crippen LogP contribution >= 0.6 is 7.60 Å². The van der Waals surface area contributed by atoms with Gasteiger partial charge in [0.1, 0.15) is 0 Å². The molecule has 0 bridgehead atoms. The Balaban J connectivity index is -0.000000340. The molecule has 0 radical (unpaired) electrons. The van der Waals surface area contributed by atoms with Crippen LogP contribution < -0.4 is 0 Å². The number of hydrogen-bond acceptors (Lipinski definition) is 1. The van der Waals surface area contributed by atoms with Crippen molar-refractivity contribution < 1.29 is 30.8 Å². The van der Waals surface area contributed by atoms with Crippen LogP contribution in [0.1, 0.15) is 59.3 Å². The quantitative estimate of drug-likeness (QED) is 0.424. The fraction of sp³-hybridized carbons (Fsp3) is 0.917. The largest absolute Gasteiger partial charge is 0.343 e. The molecular weight excluding hydrogens is 282 g/mol. The van der Waals surface area contributed by atoms with Crippen LogP contribution in [-0.2, 0) is 21.1 Å². The van der Waals surface area contributed by atoms with Crippen molar-refractivity contribution in [3.8, 4) is 0 Å². The van der Waals surface area contributed by atoms with Crippen LogP contribution in [0.2, 0.25) is 0 Å². The Hall–Kier alpha value is 0.644. The van der Waals surface area contributed by atoms with Gasteiger partial charge in [-0.05, 0) is 12.3 Å². The van der Waals surface area contributed by atoms with Crippen LogP contribution in [0.25, 0.3) is 0 Å². The molecule has 1 unspecified atom stereocenters. The van der Waals surface area contributed by atoms with Gasteiger partial charge in [-0.2, -0.15) is 6.42 Å². The fourth-order valence-corrected chi connectivity index (χ4v) is 2.37. The van der Waals surface area contributed by atoms with E-state index in [-0.39, 0.29) is 28.6 Å². The molecule has 0 fully saturated rings. The summed E-state index contributed by atoms with van der Waals surface area (Å²) < 4.78 is 10.7. The van der Waals surface area contributed by atoms with Crippen molar-refractivity contribution in [2.45, 2.75) is 59.3 Å². The summed E-state index contributed by atoms with van der Waals surface area (Å²) in [5.41, 5.74) is 0. The first-order valence-corrected chi connectivity index (χ1v) is 8.04. The molecule has 0 aliphatic rings. The molecule has 0 rings (SSSR count). The van der Waals surface area contributed by atoms with E-state index in [0.717, 1.165) is 32.1 Å². The van der Waals surface area contributed by atoms with Crippen LogP contribution in [0.3, 0.4) is 0 Å². The van der Waals surface area contributed by atoms with Gasteiger partial charge in [-0.3, -0.25) is 4.57 Å². The Kier molecular flexibility index (Phi) is 19.7. The van der Waals surface area contributed by atoms with Gasteiger partial charge in [0, 0.05) is 16.5 Å². The van der Waals surface area contributed by atoms with Gasteiger partial charge in [0.15, 0.2) is 0 Å². The third kappa shape index (κ3) is 22.3. The second kappa shape index (κ2) is 14.7. The van der Waals surface area contributed by atoms with Crippen molar-refractivity contribution in [2.75, 3.05) is 6.16 Å². The van der Waals surface area contributed by atoms with E-state index in [2.05, 4.69) is 20.8 Å². The average Bonchev–Trinajstić information content (AvgIpc) is 2.23. The predicted octanol–water partition coefficient (Wildman–Crippen LogP) is 4.00. The van der Waals surface area contributed by atoms with Crippen molar-refractivity contribution in [2.24, 2.45) is 5.92 Å². The van der Waals surface area contributed by atoms with E-state index < -0.39 is 7.60 Å². The van der Waals surface area contributed by atoms with E-state index in [9.17, 15) is 4.57 Å². The minimum Gasteiger partial charge on any atom is -0.343 e. The first kappa shape index (κ1) is 22.8. The van der Waals surface area contributed by atoms with Crippen LogP contribution in [-0.4, -0.2) is 15.9 Å². The summed E-state index contributed by atoms with van der Waals surface area (Å²) in [4.78, 5) is 17.5. The normalized spacial score (nSPS) is 12.1. The second-order valence-corrected chi connectivity index (χ2v) is 5.81. The van der Waals surface area contributed by atoms with Crippen molar-refractivity contribution in [1.29, 1.82) is 0 Å². The van der Waals surface area contributed by atoms with E-state index in [1.807, 2.05) is 6.92 Å². The molecule has 0 aliphatic heterocycles. The van der Waals surface area contributed by atoms with Crippen LogP contribution in [0, 0.1) is 12.8 Å². The summed E-state index contributed by atoms with van der Waals surface area (Å²) in [6, 6.07) is 0. The molecule has 2 N–H and O–H groups in total. The fourth-order valence-electron chi connectivity index (χ4n) is 1.25. The molecule has 0 saturated carbocycles. The molecule has 1 atom stereocenters. The molecule has 3 nitrogen and oxygen atoms in total. The molecule has 0 aliphatic carbocycles. The molecule has 5 heteroatoms. The zero-order chi connectivity index (χ0) is 13.0. The average molecular weight is 310 g/mol. The summed E-state index contributed by atoms with van der Waals surface area (Å²) in [6.07, 6.45) is 6.31. The maximum atomic E-state index is 10.7. The van der Waals surface area contributed by atoms with E-state index in [4.69, 9.17) is 9.79 Å². The first-order chi connectivity index (χ1) is 7.41. The van der Waals surface area contributed by atoms with E-state index in [1.54, 1.807) is 0 Å². The minimum absolute atomic E-state index is 0. The summed E-state index contributed by atoms with van der Waals surface area (Å²) in [6.45, 7) is 9.79. The van der Waals surface area contributed by atoms with Gasteiger partial charge in [-0.15, -0.1) is 0 Å². The second-order valence-electron chi connectivity index (χ2n) is 4.12. The van der Waals surface area contributed by atoms with Gasteiger partial charge in [0.05, 0.1) is 6.16 Å². The molecule has 0 aromatic carbocycles. The Morgan fingerprint density at radius 1 is 1.18 bits per heavy atom. The molecule has 17 heavy (non-hydrogen) atoms. The topological polar surface area (TPSA) is 57.5 Å². The van der Waals surface area contributed by atoms with Crippen LogP contribution in [0.5, 0.6) is 0 Å². The van der Waals surface area contributed by atoms with Crippen molar-refractivity contribution in [3.63, 3.8) is 0 Å². The van der Waals surface area contributed by atoms with Gasteiger partial charge >= 0.3 is 7.60 Å². The number of rotatable bonds is 7. The Morgan fingerprint density at radius 2 is 1.65 bits per heavy atom. The van der Waals surface area contributed by atoms with Gasteiger partial charge < -0.3 is 16.7 Å². The molecular formula is C12H28NiO3P-. The SMILES string of the molecule is CCCCC(CC)CP(=O)(O)O.[CH2-]CCC.[Ni]. The summed E-state index contributed by atoms with van der Waals surface area (Å²) in [5, 5.41) is 0. The molecule has 110 valence electrons. The summed E-state index contributed by atoms with van der Waals surface area (Å²) in [7, 11) is -3.78. The van der Waals surface area contributed by atoms with Crippen LogP contribution in [0.15, 0.2) is 0 Å². The Morgan fingerprint density at radius 3 is 1.88 bits per heavy atom. The molecule has 0 amide bonds. The van der Waals surface area contributed by atoms with E-state index in [0.29, 0.717) is 0 Å². The third-order valence-corrected chi connectivity index (χ3v) is 3.38. The standard InChI is InChI=1S/C8H19O3P.C4H9.Ni/c1-3-5-6-8(4-2)7-12(9,10)11;1-3-4-2;/h8H,3-7H2,1-2H3,(H2,9,10,11);1,3-4H2,2H3;/q;-1;. The predicted molar refractivity (Wildman–Crippen MR) is 70.5 cm³/mol. The van der Waals surface area contributed by atoms with Gasteiger partial charge in [-0.1, -0.05) is 46.5 Å². The van der Waals surface area contributed by atoms with E-state index in [1.165, 1.54) is 6.42 Å². The maximum Gasteiger partial charge on any atom is 0.325 e. The smallest absolute Gasteiger partial charge is 0.325 e. The van der Waals surface area contributed by atoms with Crippen molar-refractivity contribution >= 4 is 7.60 Å². The number of unbranched alkanes of at least 4 members (excludes halogenated alkanes) is 2. The molecule has 0 heterocycles.